The Morgan fingerprint density at radius 3 is 2.40 bits per heavy atom. The molecule has 0 amide bonds. The molecule has 1 saturated carbocycles. The van der Waals surface area contributed by atoms with Gasteiger partial charge < -0.3 is 0 Å². The van der Waals surface area contributed by atoms with E-state index >= 15 is 0 Å². The van der Waals surface area contributed by atoms with Gasteiger partial charge in [-0.25, -0.2) is 8.42 Å². The summed E-state index contributed by atoms with van der Waals surface area (Å²) in [4.78, 5) is 0.184. The summed E-state index contributed by atoms with van der Waals surface area (Å²) in [7, 11) is -1.86. The van der Waals surface area contributed by atoms with E-state index in [1.165, 1.54) is 4.31 Å². The van der Waals surface area contributed by atoms with Crippen LogP contribution in [0.5, 0.6) is 0 Å². The lowest BCUT2D eigenvalue weighted by molar-refractivity contribution is 0.246. The van der Waals surface area contributed by atoms with Crippen molar-refractivity contribution >= 4 is 37.6 Å². The quantitative estimate of drug-likeness (QED) is 0.784. The molecule has 1 aliphatic carbocycles. The normalized spacial score (nSPS) is 24.1. The van der Waals surface area contributed by atoms with E-state index in [1.807, 2.05) is 0 Å². The predicted octanol–water partition coefficient (Wildman–Crippen LogP) is 4.30. The average molecular weight is 381 g/mol. The lowest BCUT2D eigenvalue weighted by Gasteiger charge is -2.33. The molecule has 0 aliphatic heterocycles. The van der Waals surface area contributed by atoms with Crippen molar-refractivity contribution in [3.05, 3.63) is 27.7 Å². The lowest BCUT2D eigenvalue weighted by Crippen LogP contribution is -2.39. The molecule has 1 aromatic carbocycles. The molecule has 1 fully saturated rings. The van der Waals surface area contributed by atoms with Gasteiger partial charge in [0.15, 0.2) is 0 Å². The second-order valence-electron chi connectivity index (χ2n) is 5.51. The molecule has 20 heavy (non-hydrogen) atoms. The smallest absolute Gasteiger partial charge is 0.207 e. The summed E-state index contributed by atoms with van der Waals surface area (Å²) in [6.45, 7) is 2.22. The monoisotopic (exact) mass is 379 g/mol. The highest BCUT2D eigenvalue weighted by Crippen LogP contribution is 2.32. The largest absolute Gasteiger partial charge is 0.244 e. The SMILES string of the molecule is CC1CCC(N(C)S(=O)(=O)c2ccc(Br)cc2Cl)CC1. The molecular weight excluding hydrogens is 362 g/mol. The first kappa shape index (κ1) is 16.3. The standard InChI is InChI=1S/C14H19BrClNO2S/c1-10-3-6-12(7-4-10)17(2)20(18,19)14-8-5-11(15)9-13(14)16/h5,8-10,12H,3-4,6-7H2,1-2H3. The van der Waals surface area contributed by atoms with Crippen molar-refractivity contribution in [2.45, 2.75) is 43.5 Å². The molecule has 0 heterocycles. The minimum absolute atomic E-state index is 0.0795. The van der Waals surface area contributed by atoms with Gasteiger partial charge in [0.25, 0.3) is 0 Å². The van der Waals surface area contributed by atoms with Gasteiger partial charge in [-0.2, -0.15) is 4.31 Å². The van der Waals surface area contributed by atoms with E-state index in [0.717, 1.165) is 30.2 Å². The Morgan fingerprint density at radius 1 is 1.25 bits per heavy atom. The van der Waals surface area contributed by atoms with E-state index in [2.05, 4.69) is 22.9 Å². The highest BCUT2D eigenvalue weighted by atomic mass is 79.9. The van der Waals surface area contributed by atoms with Crippen molar-refractivity contribution in [3.8, 4) is 0 Å². The molecule has 0 aromatic heterocycles. The Kier molecular flexibility index (Phi) is 5.16. The third kappa shape index (κ3) is 3.38. The van der Waals surface area contributed by atoms with Crippen LogP contribution in [-0.4, -0.2) is 25.8 Å². The zero-order valence-corrected chi connectivity index (χ0v) is 14.8. The fraction of sp³-hybridized carbons (Fsp3) is 0.571. The van der Waals surface area contributed by atoms with E-state index < -0.39 is 10.0 Å². The van der Waals surface area contributed by atoms with Gasteiger partial charge in [-0.1, -0.05) is 34.5 Å². The highest BCUT2D eigenvalue weighted by Gasteiger charge is 2.31. The second kappa shape index (κ2) is 6.34. The fourth-order valence-electron chi connectivity index (χ4n) is 2.64. The van der Waals surface area contributed by atoms with Gasteiger partial charge in [-0.15, -0.1) is 0 Å². The molecule has 2 rings (SSSR count). The Labute approximate surface area is 134 Å². The minimum Gasteiger partial charge on any atom is -0.207 e. The van der Waals surface area contributed by atoms with Gasteiger partial charge in [-0.3, -0.25) is 0 Å². The van der Waals surface area contributed by atoms with Crippen LogP contribution in [0, 0.1) is 5.92 Å². The Morgan fingerprint density at radius 2 is 1.85 bits per heavy atom. The highest BCUT2D eigenvalue weighted by molar-refractivity contribution is 9.10. The molecule has 0 atom stereocenters. The van der Waals surface area contributed by atoms with E-state index in [1.54, 1.807) is 25.2 Å². The molecule has 1 aliphatic rings. The van der Waals surface area contributed by atoms with Gasteiger partial charge in [-0.05, 0) is 49.8 Å². The van der Waals surface area contributed by atoms with E-state index in [0.29, 0.717) is 5.92 Å². The lowest BCUT2D eigenvalue weighted by atomic mass is 9.87. The summed E-state index contributed by atoms with van der Waals surface area (Å²) in [6.07, 6.45) is 4.01. The summed E-state index contributed by atoms with van der Waals surface area (Å²) in [6, 6.07) is 4.96. The summed E-state index contributed by atoms with van der Waals surface area (Å²) < 4.78 is 27.6. The number of halogens is 2. The number of hydrogen-bond acceptors (Lipinski definition) is 2. The van der Waals surface area contributed by atoms with Crippen LogP contribution in [0.2, 0.25) is 5.02 Å². The van der Waals surface area contributed by atoms with Crippen LogP contribution in [0.3, 0.4) is 0 Å². The molecule has 0 spiro atoms. The third-order valence-corrected chi connectivity index (χ3v) is 6.94. The van der Waals surface area contributed by atoms with Crippen molar-refractivity contribution < 1.29 is 8.42 Å². The third-order valence-electron chi connectivity index (χ3n) is 4.05. The first-order chi connectivity index (χ1) is 9.32. The van der Waals surface area contributed by atoms with Crippen LogP contribution >= 0.6 is 27.5 Å². The first-order valence-electron chi connectivity index (χ1n) is 6.75. The summed E-state index contributed by atoms with van der Waals surface area (Å²) >= 11 is 9.37. The topological polar surface area (TPSA) is 37.4 Å². The van der Waals surface area contributed by atoms with Crippen LogP contribution in [-0.2, 0) is 10.0 Å². The minimum atomic E-state index is -3.52. The summed E-state index contributed by atoms with van der Waals surface area (Å²) in [5, 5.41) is 0.260. The Bertz CT molecular complexity index is 583. The second-order valence-corrected chi connectivity index (χ2v) is 8.80. The maximum atomic E-state index is 12.7. The number of sulfonamides is 1. The maximum Gasteiger partial charge on any atom is 0.244 e. The van der Waals surface area contributed by atoms with Gasteiger partial charge in [0.05, 0.1) is 5.02 Å². The van der Waals surface area contributed by atoms with Crippen LogP contribution < -0.4 is 0 Å². The van der Waals surface area contributed by atoms with E-state index in [-0.39, 0.29) is 16.0 Å². The number of nitrogens with zero attached hydrogens (tertiary/aromatic N) is 1. The van der Waals surface area contributed by atoms with Crippen molar-refractivity contribution in [2.75, 3.05) is 7.05 Å². The van der Waals surface area contributed by atoms with Crippen LogP contribution in [0.1, 0.15) is 32.6 Å². The van der Waals surface area contributed by atoms with Crippen molar-refractivity contribution in [1.29, 1.82) is 0 Å². The summed E-state index contributed by atoms with van der Waals surface area (Å²) in [5.74, 6) is 0.693. The van der Waals surface area contributed by atoms with E-state index in [9.17, 15) is 8.42 Å². The molecule has 0 N–H and O–H groups in total. The zero-order chi connectivity index (χ0) is 14.9. The summed E-state index contributed by atoms with van der Waals surface area (Å²) in [5.41, 5.74) is 0. The first-order valence-corrected chi connectivity index (χ1v) is 9.36. The molecule has 3 nitrogen and oxygen atoms in total. The molecule has 0 radical (unpaired) electrons. The fourth-order valence-corrected chi connectivity index (χ4v) is 5.07. The number of hydrogen-bond donors (Lipinski definition) is 0. The predicted molar refractivity (Wildman–Crippen MR) is 85.5 cm³/mol. The van der Waals surface area contributed by atoms with Gasteiger partial charge in [0, 0.05) is 17.6 Å². The molecular formula is C14H19BrClNO2S. The van der Waals surface area contributed by atoms with Crippen molar-refractivity contribution in [2.24, 2.45) is 5.92 Å². The number of rotatable bonds is 3. The number of benzene rings is 1. The molecule has 112 valence electrons. The van der Waals surface area contributed by atoms with Crippen LogP contribution in [0.25, 0.3) is 0 Å². The Balaban J connectivity index is 2.25. The molecule has 0 saturated heterocycles. The van der Waals surface area contributed by atoms with Gasteiger partial charge >= 0.3 is 0 Å². The van der Waals surface area contributed by atoms with E-state index in [4.69, 9.17) is 11.6 Å². The van der Waals surface area contributed by atoms with Crippen LogP contribution in [0.15, 0.2) is 27.6 Å². The van der Waals surface area contributed by atoms with Crippen molar-refractivity contribution in [3.63, 3.8) is 0 Å². The van der Waals surface area contributed by atoms with Gasteiger partial charge in [0.2, 0.25) is 10.0 Å². The Hall–Kier alpha value is -0.100. The molecule has 6 heteroatoms. The molecule has 0 bridgehead atoms. The van der Waals surface area contributed by atoms with Crippen molar-refractivity contribution in [1.82, 2.24) is 4.31 Å². The van der Waals surface area contributed by atoms with Gasteiger partial charge in [0.1, 0.15) is 4.90 Å². The molecule has 1 aromatic rings. The molecule has 0 unspecified atom stereocenters. The van der Waals surface area contributed by atoms with Crippen LogP contribution in [0.4, 0.5) is 0 Å². The average Bonchev–Trinajstić information content (AvgIpc) is 2.38. The zero-order valence-electron chi connectivity index (χ0n) is 11.6. The maximum absolute atomic E-state index is 12.7.